The molecule has 1 saturated carbocycles. The summed E-state index contributed by atoms with van der Waals surface area (Å²) in [6.45, 7) is 5.86. The first-order valence-corrected chi connectivity index (χ1v) is 9.91. The van der Waals surface area contributed by atoms with Gasteiger partial charge in [0.05, 0.1) is 32.2 Å². The van der Waals surface area contributed by atoms with Gasteiger partial charge in [0.1, 0.15) is 5.54 Å². The van der Waals surface area contributed by atoms with Crippen molar-refractivity contribution >= 4 is 11.6 Å². The molecule has 1 saturated heterocycles. The van der Waals surface area contributed by atoms with Gasteiger partial charge in [0.15, 0.2) is 6.04 Å². The summed E-state index contributed by atoms with van der Waals surface area (Å²) in [7, 11) is 1.84. The zero-order chi connectivity index (χ0) is 18.6. The largest absolute Gasteiger partial charge is 0.360 e. The van der Waals surface area contributed by atoms with E-state index in [1.807, 2.05) is 20.0 Å². The molecule has 1 aliphatic heterocycles. The zero-order valence-electron chi connectivity index (χ0n) is 16.1. The van der Waals surface area contributed by atoms with Crippen LogP contribution in [0.1, 0.15) is 39.0 Å². The summed E-state index contributed by atoms with van der Waals surface area (Å²) < 4.78 is 0. The van der Waals surface area contributed by atoms with E-state index in [0.717, 1.165) is 51.9 Å². The standard InChI is InChI=1S/C21H30N4O/c1-18(20(26)23(2)21(17-22)11-7-4-8-12-21)24-13-15-25(16-14-24)19-9-5-3-6-10-19/h3,5-6,9-10,18H,4,7-8,11-16H2,1-2H3/p+1/t18-/m0/s1. The highest BCUT2D eigenvalue weighted by molar-refractivity contribution is 5.81. The molecule has 2 fully saturated rings. The number of nitrogens with one attached hydrogen (secondary N) is 1. The molecule has 0 spiro atoms. The van der Waals surface area contributed by atoms with E-state index in [9.17, 15) is 10.1 Å². The van der Waals surface area contributed by atoms with Gasteiger partial charge in [0, 0.05) is 12.7 Å². The summed E-state index contributed by atoms with van der Waals surface area (Å²) in [6, 6.07) is 12.9. The predicted octanol–water partition coefficient (Wildman–Crippen LogP) is 1.46. The molecule has 0 radical (unpaired) electrons. The number of quaternary nitrogens is 1. The second kappa shape index (κ2) is 8.09. The van der Waals surface area contributed by atoms with E-state index in [-0.39, 0.29) is 11.9 Å². The van der Waals surface area contributed by atoms with Gasteiger partial charge in [-0.2, -0.15) is 5.26 Å². The van der Waals surface area contributed by atoms with Gasteiger partial charge in [-0.1, -0.05) is 37.5 Å². The van der Waals surface area contributed by atoms with Crippen LogP contribution in [-0.2, 0) is 4.79 Å². The lowest BCUT2D eigenvalue weighted by molar-refractivity contribution is -0.915. The molecule has 1 atom stereocenters. The Bertz CT molecular complexity index is 640. The molecule has 1 N–H and O–H groups in total. The van der Waals surface area contributed by atoms with E-state index in [1.165, 1.54) is 17.0 Å². The number of hydrogen-bond donors (Lipinski definition) is 1. The van der Waals surface area contributed by atoms with E-state index in [2.05, 4.69) is 35.2 Å². The number of carbonyl (C=O) groups excluding carboxylic acids is 1. The van der Waals surface area contributed by atoms with Crippen molar-refractivity contribution in [2.45, 2.75) is 50.6 Å². The lowest BCUT2D eigenvalue weighted by Gasteiger charge is -2.42. The summed E-state index contributed by atoms with van der Waals surface area (Å²) in [5.74, 6) is 0.122. The minimum Gasteiger partial charge on any atom is -0.360 e. The van der Waals surface area contributed by atoms with Crippen LogP contribution in [0, 0.1) is 11.3 Å². The second-order valence-electron chi connectivity index (χ2n) is 7.80. The average molecular weight is 356 g/mol. The Kier molecular flexibility index (Phi) is 5.83. The molecule has 5 heteroatoms. The van der Waals surface area contributed by atoms with Crippen molar-refractivity contribution in [1.29, 1.82) is 5.26 Å². The van der Waals surface area contributed by atoms with Crippen LogP contribution in [0.3, 0.4) is 0 Å². The third kappa shape index (κ3) is 3.71. The SMILES string of the molecule is C[C@@H](C(=O)N(C)C1(C#N)CCCCC1)[NH+]1CCN(c2ccccc2)CC1. The van der Waals surface area contributed by atoms with Gasteiger partial charge in [-0.3, -0.25) is 4.79 Å². The maximum Gasteiger partial charge on any atom is 0.281 e. The highest BCUT2D eigenvalue weighted by Gasteiger charge is 2.42. The van der Waals surface area contributed by atoms with E-state index in [0.29, 0.717) is 0 Å². The maximum absolute atomic E-state index is 13.1. The first-order chi connectivity index (χ1) is 12.6. The lowest BCUT2D eigenvalue weighted by atomic mass is 9.81. The number of rotatable bonds is 4. The molecule has 1 aliphatic carbocycles. The number of benzene rings is 1. The fourth-order valence-electron chi connectivity index (χ4n) is 4.46. The highest BCUT2D eigenvalue weighted by atomic mass is 16.2. The molecule has 5 nitrogen and oxygen atoms in total. The van der Waals surface area contributed by atoms with Crippen LogP contribution in [0.5, 0.6) is 0 Å². The minimum atomic E-state index is -0.588. The monoisotopic (exact) mass is 355 g/mol. The molecule has 1 aromatic rings. The highest BCUT2D eigenvalue weighted by Crippen LogP contribution is 2.32. The quantitative estimate of drug-likeness (QED) is 0.890. The summed E-state index contributed by atoms with van der Waals surface area (Å²) in [6.07, 6.45) is 4.89. The summed E-state index contributed by atoms with van der Waals surface area (Å²) in [4.78, 5) is 18.6. The van der Waals surface area contributed by atoms with Crippen molar-refractivity contribution in [2.24, 2.45) is 0 Å². The van der Waals surface area contributed by atoms with Gasteiger partial charge in [-0.05, 0) is 31.9 Å². The third-order valence-electron chi connectivity index (χ3n) is 6.37. The van der Waals surface area contributed by atoms with Crippen LogP contribution in [0.2, 0.25) is 0 Å². The number of anilines is 1. The van der Waals surface area contributed by atoms with Gasteiger partial charge in [-0.25, -0.2) is 0 Å². The molecule has 0 bridgehead atoms. The molecule has 140 valence electrons. The first-order valence-electron chi connectivity index (χ1n) is 9.91. The third-order valence-corrected chi connectivity index (χ3v) is 6.37. The van der Waals surface area contributed by atoms with Gasteiger partial charge in [0.25, 0.3) is 5.91 Å². The Labute approximate surface area is 157 Å². The number of piperazine rings is 1. The topological polar surface area (TPSA) is 51.8 Å². The van der Waals surface area contributed by atoms with E-state index in [4.69, 9.17) is 0 Å². The second-order valence-corrected chi connectivity index (χ2v) is 7.80. The van der Waals surface area contributed by atoms with Gasteiger partial charge >= 0.3 is 0 Å². The van der Waals surface area contributed by atoms with Crippen molar-refractivity contribution in [3.8, 4) is 6.07 Å². The minimum absolute atomic E-state index is 0.0925. The lowest BCUT2D eigenvalue weighted by Crippen LogP contribution is -3.19. The smallest absolute Gasteiger partial charge is 0.281 e. The van der Waals surface area contributed by atoms with Gasteiger partial charge < -0.3 is 14.7 Å². The fraction of sp³-hybridized carbons (Fsp3) is 0.619. The molecular weight excluding hydrogens is 324 g/mol. The summed E-state index contributed by atoms with van der Waals surface area (Å²) in [5, 5.41) is 9.76. The van der Waals surface area contributed by atoms with E-state index in [1.54, 1.807) is 4.90 Å². The molecule has 0 aromatic heterocycles. The number of para-hydroxylation sites is 1. The number of nitriles is 1. The van der Waals surface area contributed by atoms with Crippen molar-refractivity contribution < 1.29 is 9.69 Å². The van der Waals surface area contributed by atoms with Crippen LogP contribution >= 0.6 is 0 Å². The van der Waals surface area contributed by atoms with Crippen molar-refractivity contribution in [2.75, 3.05) is 38.1 Å². The van der Waals surface area contributed by atoms with Crippen LogP contribution in [0.15, 0.2) is 30.3 Å². The maximum atomic E-state index is 13.1. The molecule has 2 aliphatic rings. The van der Waals surface area contributed by atoms with Gasteiger partial charge in [0.2, 0.25) is 0 Å². The first kappa shape index (κ1) is 18.7. The molecule has 3 rings (SSSR count). The Morgan fingerprint density at radius 1 is 1.19 bits per heavy atom. The van der Waals surface area contributed by atoms with Crippen LogP contribution in [0.4, 0.5) is 5.69 Å². The number of amides is 1. The van der Waals surface area contributed by atoms with E-state index < -0.39 is 5.54 Å². The Balaban J connectivity index is 1.60. The fourth-order valence-corrected chi connectivity index (χ4v) is 4.46. The van der Waals surface area contributed by atoms with E-state index >= 15 is 0 Å². The summed E-state index contributed by atoms with van der Waals surface area (Å²) >= 11 is 0. The molecule has 1 aromatic carbocycles. The Hall–Kier alpha value is -2.06. The predicted molar refractivity (Wildman–Crippen MR) is 103 cm³/mol. The Morgan fingerprint density at radius 2 is 1.81 bits per heavy atom. The van der Waals surface area contributed by atoms with Crippen LogP contribution in [-0.4, -0.2) is 55.6 Å². The Morgan fingerprint density at radius 3 is 2.38 bits per heavy atom. The summed E-state index contributed by atoms with van der Waals surface area (Å²) in [5.41, 5.74) is 0.669. The molecule has 26 heavy (non-hydrogen) atoms. The molecule has 1 amide bonds. The molecule has 1 heterocycles. The molecule has 0 unspecified atom stereocenters. The number of nitrogens with zero attached hydrogens (tertiary/aromatic N) is 3. The number of hydrogen-bond acceptors (Lipinski definition) is 3. The number of carbonyl (C=O) groups is 1. The number of likely N-dealkylation sites (N-methyl/N-ethyl adjacent to an activating group) is 1. The normalized spacial score (nSPS) is 21.7. The van der Waals surface area contributed by atoms with Gasteiger partial charge in [-0.15, -0.1) is 0 Å². The van der Waals surface area contributed by atoms with Crippen molar-refractivity contribution in [1.82, 2.24) is 4.90 Å². The van der Waals surface area contributed by atoms with Crippen LogP contribution in [0.25, 0.3) is 0 Å². The average Bonchev–Trinajstić information content (AvgIpc) is 2.73. The zero-order valence-corrected chi connectivity index (χ0v) is 16.1. The van der Waals surface area contributed by atoms with Crippen molar-refractivity contribution in [3.05, 3.63) is 30.3 Å². The molecular formula is C21H31N4O+. The van der Waals surface area contributed by atoms with Crippen molar-refractivity contribution in [3.63, 3.8) is 0 Å². The van der Waals surface area contributed by atoms with Crippen LogP contribution < -0.4 is 9.80 Å².